The van der Waals surface area contributed by atoms with E-state index in [1.54, 1.807) is 13.1 Å². The summed E-state index contributed by atoms with van der Waals surface area (Å²) in [6.45, 7) is 2.84. The second-order valence-electron chi connectivity index (χ2n) is 4.16. The van der Waals surface area contributed by atoms with Crippen LogP contribution in [-0.2, 0) is 0 Å². The maximum Gasteiger partial charge on any atom is 0.184 e. The third kappa shape index (κ3) is 4.46. The molecule has 0 saturated heterocycles. The predicted molar refractivity (Wildman–Crippen MR) is 64.2 cm³/mol. The van der Waals surface area contributed by atoms with Gasteiger partial charge in [-0.2, -0.15) is 0 Å². The molecule has 0 bridgehead atoms. The van der Waals surface area contributed by atoms with Gasteiger partial charge < -0.3 is 21.1 Å². The molecule has 0 aliphatic rings. The van der Waals surface area contributed by atoms with Crippen LogP contribution in [0.3, 0.4) is 0 Å². The number of nitrogens with one attached hydrogen (secondary N) is 1. The van der Waals surface area contributed by atoms with Crippen LogP contribution in [0.25, 0.3) is 0 Å². The van der Waals surface area contributed by atoms with Gasteiger partial charge in [0.25, 0.3) is 0 Å². The Bertz CT molecular complexity index is 311. The summed E-state index contributed by atoms with van der Waals surface area (Å²) in [4.78, 5) is 6.00. The lowest BCUT2D eigenvalue weighted by Crippen LogP contribution is -2.43. The van der Waals surface area contributed by atoms with Gasteiger partial charge in [0.1, 0.15) is 5.00 Å². The molecule has 0 amide bonds. The molecule has 4 N–H and O–H groups in total. The number of nitrogens with zero attached hydrogens (tertiary/aromatic N) is 2. The van der Waals surface area contributed by atoms with Gasteiger partial charge in [0.05, 0.1) is 11.8 Å². The highest BCUT2D eigenvalue weighted by molar-refractivity contribution is 7.19. The van der Waals surface area contributed by atoms with Crippen LogP contribution in [0.1, 0.15) is 6.92 Å². The molecular weight excluding hydrogens is 212 g/mol. The van der Waals surface area contributed by atoms with E-state index in [-0.39, 0.29) is 0 Å². The predicted octanol–water partition coefficient (Wildman–Crippen LogP) is 0.450. The van der Waals surface area contributed by atoms with Crippen molar-refractivity contribution in [2.75, 3.05) is 38.2 Å². The summed E-state index contributed by atoms with van der Waals surface area (Å²) in [6, 6.07) is 0. The number of thiazole rings is 1. The summed E-state index contributed by atoms with van der Waals surface area (Å²) in [7, 11) is 3.85. The van der Waals surface area contributed by atoms with Crippen molar-refractivity contribution in [3.05, 3.63) is 6.20 Å². The summed E-state index contributed by atoms with van der Waals surface area (Å²) in [5.41, 5.74) is 4.77. The van der Waals surface area contributed by atoms with Crippen molar-refractivity contribution in [1.29, 1.82) is 0 Å². The normalized spacial score (nSPS) is 15.3. The molecule has 0 aliphatic carbocycles. The second kappa shape index (κ2) is 4.78. The highest BCUT2D eigenvalue weighted by atomic mass is 32.1. The van der Waals surface area contributed by atoms with Gasteiger partial charge in [-0.25, -0.2) is 4.98 Å². The van der Waals surface area contributed by atoms with Crippen LogP contribution in [0.2, 0.25) is 0 Å². The minimum absolute atomic E-state index is 0.456. The van der Waals surface area contributed by atoms with Crippen molar-refractivity contribution in [1.82, 2.24) is 9.88 Å². The zero-order valence-corrected chi connectivity index (χ0v) is 10.1. The highest BCUT2D eigenvalue weighted by Crippen LogP contribution is 2.20. The van der Waals surface area contributed by atoms with E-state index in [0.29, 0.717) is 18.1 Å². The SMILES string of the molecule is CN(C)CC(C)(O)CNc1ncc(N)s1. The lowest BCUT2D eigenvalue weighted by atomic mass is 10.1. The molecule has 1 aromatic rings. The summed E-state index contributed by atoms with van der Waals surface area (Å²) >= 11 is 1.38. The third-order valence-corrected chi connectivity index (χ3v) is 2.59. The molecule has 1 rings (SSSR count). The van der Waals surface area contributed by atoms with Crippen LogP contribution >= 0.6 is 11.3 Å². The Labute approximate surface area is 93.9 Å². The number of rotatable bonds is 5. The molecule has 5 nitrogen and oxygen atoms in total. The van der Waals surface area contributed by atoms with E-state index in [0.717, 1.165) is 5.13 Å². The van der Waals surface area contributed by atoms with E-state index in [4.69, 9.17) is 5.73 Å². The molecule has 0 fully saturated rings. The molecule has 1 unspecified atom stereocenters. The molecule has 1 atom stereocenters. The summed E-state index contributed by atoms with van der Waals surface area (Å²) in [5.74, 6) is 0. The third-order valence-electron chi connectivity index (χ3n) is 1.80. The zero-order chi connectivity index (χ0) is 11.5. The minimum Gasteiger partial charge on any atom is -0.389 e. The molecule has 0 aliphatic heterocycles. The topological polar surface area (TPSA) is 74.4 Å². The summed E-state index contributed by atoms with van der Waals surface area (Å²) in [5, 5.41) is 14.5. The Kier molecular flexibility index (Phi) is 3.90. The van der Waals surface area contributed by atoms with Crippen molar-refractivity contribution in [2.24, 2.45) is 0 Å². The molecule has 1 heterocycles. The first-order chi connectivity index (χ1) is 6.89. The standard InChI is InChI=1S/C9H18N4OS/c1-9(14,6-13(2)3)5-12-8-11-4-7(10)15-8/h4,14H,5-6,10H2,1-3H3,(H,11,12). The number of hydrogen-bond donors (Lipinski definition) is 3. The fourth-order valence-corrected chi connectivity index (χ4v) is 1.95. The van der Waals surface area contributed by atoms with Gasteiger partial charge in [0, 0.05) is 13.1 Å². The van der Waals surface area contributed by atoms with Crippen LogP contribution in [0.15, 0.2) is 6.20 Å². The van der Waals surface area contributed by atoms with E-state index in [9.17, 15) is 5.11 Å². The maximum atomic E-state index is 9.99. The molecule has 0 saturated carbocycles. The van der Waals surface area contributed by atoms with Crippen molar-refractivity contribution in [3.8, 4) is 0 Å². The maximum absolute atomic E-state index is 9.99. The van der Waals surface area contributed by atoms with E-state index in [1.165, 1.54) is 11.3 Å². The molecule has 0 spiro atoms. The average Bonchev–Trinajstić information content (AvgIpc) is 2.46. The number of nitrogens with two attached hydrogens (primary N) is 1. The lowest BCUT2D eigenvalue weighted by molar-refractivity contribution is 0.0460. The molecule has 0 aromatic carbocycles. The van der Waals surface area contributed by atoms with Crippen molar-refractivity contribution in [2.45, 2.75) is 12.5 Å². The Hall–Kier alpha value is -0.850. The van der Waals surface area contributed by atoms with E-state index in [1.807, 2.05) is 19.0 Å². The van der Waals surface area contributed by atoms with Crippen LogP contribution < -0.4 is 11.1 Å². The first-order valence-electron chi connectivity index (χ1n) is 4.71. The van der Waals surface area contributed by atoms with E-state index >= 15 is 0 Å². The van der Waals surface area contributed by atoms with Crippen molar-refractivity contribution in [3.63, 3.8) is 0 Å². The van der Waals surface area contributed by atoms with Gasteiger partial charge in [0.2, 0.25) is 0 Å². The van der Waals surface area contributed by atoms with Crippen molar-refractivity contribution >= 4 is 21.5 Å². The number of likely N-dealkylation sites (N-methyl/N-ethyl adjacent to an activating group) is 1. The Balaban J connectivity index is 2.42. The van der Waals surface area contributed by atoms with E-state index < -0.39 is 5.60 Å². The Morgan fingerprint density at radius 2 is 2.33 bits per heavy atom. The summed E-state index contributed by atoms with van der Waals surface area (Å²) < 4.78 is 0. The van der Waals surface area contributed by atoms with Crippen LogP contribution in [0.5, 0.6) is 0 Å². The smallest absolute Gasteiger partial charge is 0.184 e. The van der Waals surface area contributed by atoms with E-state index in [2.05, 4.69) is 10.3 Å². The van der Waals surface area contributed by atoms with Crippen LogP contribution in [-0.4, -0.2) is 47.8 Å². The van der Waals surface area contributed by atoms with Crippen molar-refractivity contribution < 1.29 is 5.11 Å². The molecule has 1 aromatic heterocycles. The fraction of sp³-hybridized carbons (Fsp3) is 0.667. The fourth-order valence-electron chi connectivity index (χ4n) is 1.37. The van der Waals surface area contributed by atoms with Crippen LogP contribution in [0.4, 0.5) is 10.1 Å². The number of aromatic nitrogens is 1. The van der Waals surface area contributed by atoms with Gasteiger partial charge in [-0.1, -0.05) is 11.3 Å². The largest absolute Gasteiger partial charge is 0.389 e. The average molecular weight is 230 g/mol. The molecule has 0 radical (unpaired) electrons. The zero-order valence-electron chi connectivity index (χ0n) is 9.32. The molecular formula is C9H18N4OS. The first-order valence-corrected chi connectivity index (χ1v) is 5.53. The Morgan fingerprint density at radius 3 is 2.80 bits per heavy atom. The number of aliphatic hydroxyl groups is 1. The lowest BCUT2D eigenvalue weighted by Gasteiger charge is -2.26. The molecule has 6 heteroatoms. The molecule has 86 valence electrons. The summed E-state index contributed by atoms with van der Waals surface area (Å²) in [6.07, 6.45) is 1.60. The highest BCUT2D eigenvalue weighted by Gasteiger charge is 2.21. The minimum atomic E-state index is -0.774. The number of nitrogen functional groups attached to an aromatic ring is 1. The molecule has 15 heavy (non-hydrogen) atoms. The van der Waals surface area contributed by atoms with Gasteiger partial charge in [-0.15, -0.1) is 0 Å². The quantitative estimate of drug-likeness (QED) is 0.685. The monoisotopic (exact) mass is 230 g/mol. The van der Waals surface area contributed by atoms with Gasteiger partial charge in [-0.3, -0.25) is 0 Å². The van der Waals surface area contributed by atoms with Gasteiger partial charge in [0.15, 0.2) is 5.13 Å². The Morgan fingerprint density at radius 1 is 1.67 bits per heavy atom. The second-order valence-corrected chi connectivity index (χ2v) is 5.22. The van der Waals surface area contributed by atoms with Gasteiger partial charge >= 0.3 is 0 Å². The number of hydrogen-bond acceptors (Lipinski definition) is 6. The first kappa shape index (κ1) is 12.2. The van der Waals surface area contributed by atoms with Crippen LogP contribution in [0, 0.1) is 0 Å². The number of anilines is 2. The van der Waals surface area contributed by atoms with Gasteiger partial charge in [-0.05, 0) is 21.0 Å².